The average Bonchev–Trinajstić information content (AvgIpc) is 3.21. The van der Waals surface area contributed by atoms with E-state index < -0.39 is 5.97 Å². The van der Waals surface area contributed by atoms with Gasteiger partial charge in [0, 0.05) is 17.9 Å². The summed E-state index contributed by atoms with van der Waals surface area (Å²) in [6.45, 7) is 0. The number of hydrogen-bond donors (Lipinski definition) is 3. The molecule has 10 heteroatoms. The van der Waals surface area contributed by atoms with Gasteiger partial charge in [0.1, 0.15) is 5.75 Å². The molecule has 2 heterocycles. The van der Waals surface area contributed by atoms with Crippen LogP contribution in [0.5, 0.6) is 5.75 Å². The topological polar surface area (TPSA) is 118 Å². The Balaban J connectivity index is 1.61. The molecular formula is C23H24ClN5O4. The largest absolute Gasteiger partial charge is 0.497 e. The molecule has 9 nitrogen and oxygen atoms in total. The van der Waals surface area contributed by atoms with Crippen molar-refractivity contribution in [3.8, 4) is 5.75 Å². The highest BCUT2D eigenvalue weighted by Gasteiger charge is 2.32. The summed E-state index contributed by atoms with van der Waals surface area (Å²) in [4.78, 5) is 27.4. The number of methoxy groups -OCH3 is 1. The summed E-state index contributed by atoms with van der Waals surface area (Å²) in [5.41, 5.74) is 1.96. The van der Waals surface area contributed by atoms with E-state index in [4.69, 9.17) is 21.4 Å². The molecule has 1 aliphatic rings. The number of carboxylic acid groups (broad SMARTS) is 1. The van der Waals surface area contributed by atoms with Gasteiger partial charge in [-0.3, -0.25) is 14.9 Å². The molecule has 2 atom stereocenters. The van der Waals surface area contributed by atoms with Crippen molar-refractivity contribution in [2.75, 3.05) is 17.7 Å². The van der Waals surface area contributed by atoms with Crippen molar-refractivity contribution in [2.45, 2.75) is 37.8 Å². The highest BCUT2D eigenvalue weighted by Crippen LogP contribution is 2.40. The first-order chi connectivity index (χ1) is 15.9. The van der Waals surface area contributed by atoms with Gasteiger partial charge in [-0.25, -0.2) is 4.68 Å². The second-order valence-corrected chi connectivity index (χ2v) is 8.15. The van der Waals surface area contributed by atoms with Crippen molar-refractivity contribution in [3.63, 3.8) is 0 Å². The van der Waals surface area contributed by atoms with E-state index in [1.807, 2.05) is 48.5 Å². The fraction of sp³-hybridized carbons (Fsp3) is 0.304. The monoisotopic (exact) mass is 469 g/mol. The molecule has 0 saturated heterocycles. The predicted octanol–water partition coefficient (Wildman–Crippen LogP) is 4.28. The van der Waals surface area contributed by atoms with Crippen molar-refractivity contribution in [1.82, 2.24) is 14.8 Å². The van der Waals surface area contributed by atoms with Crippen molar-refractivity contribution >= 4 is 35.4 Å². The van der Waals surface area contributed by atoms with Crippen LogP contribution in [-0.2, 0) is 9.59 Å². The number of nitrogens with one attached hydrogen (secondary N) is 2. The Kier molecular flexibility index (Phi) is 6.79. The van der Waals surface area contributed by atoms with Crippen molar-refractivity contribution in [3.05, 3.63) is 64.7 Å². The standard InChI is InChI=1S/C23H24ClN5O4/c1-33-15-11-9-14(10-12-15)18-13-19(16-5-2-3-6-17(16)24)29-23(25-18)27-22(28-29)26-20(30)7-4-8-21(31)32/h2-3,5-6,9-12,18-19H,4,7-8,13H2,1H3,(H,31,32)(H2,25,26,27,28,30)/t18-,19-/m0/s1. The number of amides is 1. The van der Waals surface area contributed by atoms with E-state index >= 15 is 0 Å². The summed E-state index contributed by atoms with van der Waals surface area (Å²) < 4.78 is 6.99. The Morgan fingerprint density at radius 3 is 2.67 bits per heavy atom. The minimum absolute atomic E-state index is 0.0620. The molecule has 4 rings (SSSR count). The van der Waals surface area contributed by atoms with Gasteiger partial charge in [-0.15, -0.1) is 5.10 Å². The van der Waals surface area contributed by atoms with Crippen LogP contribution in [0.3, 0.4) is 0 Å². The molecule has 1 aliphatic heterocycles. The first-order valence-electron chi connectivity index (χ1n) is 10.6. The SMILES string of the molecule is COc1ccc([C@@H]2C[C@@H](c3ccccc3Cl)n3nc(NC(=O)CCCC(=O)O)nc3N2)cc1. The molecule has 0 fully saturated rings. The first-order valence-corrected chi connectivity index (χ1v) is 11.0. The average molecular weight is 470 g/mol. The summed E-state index contributed by atoms with van der Waals surface area (Å²) >= 11 is 6.52. The number of aromatic nitrogens is 3. The van der Waals surface area contributed by atoms with Crippen LogP contribution in [0.15, 0.2) is 48.5 Å². The van der Waals surface area contributed by atoms with Gasteiger partial charge in [0.25, 0.3) is 5.95 Å². The Labute approximate surface area is 195 Å². The summed E-state index contributed by atoms with van der Waals surface area (Å²) in [5.74, 6) is 0.168. The maximum atomic E-state index is 12.2. The summed E-state index contributed by atoms with van der Waals surface area (Å²) in [6.07, 6.45) is 0.916. The Bertz CT molecular complexity index is 1150. The lowest BCUT2D eigenvalue weighted by Gasteiger charge is -2.32. The lowest BCUT2D eigenvalue weighted by Crippen LogP contribution is -2.28. The quantitative estimate of drug-likeness (QED) is 0.450. The fourth-order valence-electron chi connectivity index (χ4n) is 3.88. The maximum Gasteiger partial charge on any atom is 0.303 e. The third-order valence-corrected chi connectivity index (χ3v) is 5.86. The molecule has 0 unspecified atom stereocenters. The van der Waals surface area contributed by atoms with E-state index in [1.165, 1.54) is 0 Å². The molecule has 0 spiro atoms. The first kappa shape index (κ1) is 22.6. The minimum atomic E-state index is -0.935. The summed E-state index contributed by atoms with van der Waals surface area (Å²) in [5, 5.41) is 19.9. The molecule has 3 aromatic rings. The van der Waals surface area contributed by atoms with Crippen molar-refractivity contribution in [1.29, 1.82) is 0 Å². The van der Waals surface area contributed by atoms with Crippen molar-refractivity contribution in [2.24, 2.45) is 0 Å². The zero-order valence-corrected chi connectivity index (χ0v) is 18.7. The number of hydrogen-bond acceptors (Lipinski definition) is 6. The summed E-state index contributed by atoms with van der Waals surface area (Å²) in [6, 6.07) is 15.1. The van der Waals surface area contributed by atoms with Gasteiger partial charge in [0.05, 0.1) is 19.2 Å². The van der Waals surface area contributed by atoms with E-state index in [-0.39, 0.29) is 43.2 Å². The van der Waals surface area contributed by atoms with E-state index in [1.54, 1.807) is 11.8 Å². The van der Waals surface area contributed by atoms with Gasteiger partial charge in [-0.1, -0.05) is 41.9 Å². The molecule has 0 aliphatic carbocycles. The normalized spacial score (nSPS) is 17.0. The predicted molar refractivity (Wildman–Crippen MR) is 124 cm³/mol. The molecule has 33 heavy (non-hydrogen) atoms. The summed E-state index contributed by atoms with van der Waals surface area (Å²) in [7, 11) is 1.63. The maximum absolute atomic E-state index is 12.2. The fourth-order valence-corrected chi connectivity index (χ4v) is 4.14. The Hall–Kier alpha value is -3.59. The van der Waals surface area contributed by atoms with E-state index in [0.29, 0.717) is 17.4 Å². The number of benzene rings is 2. The number of nitrogens with zero attached hydrogens (tertiary/aromatic N) is 3. The second-order valence-electron chi connectivity index (χ2n) is 7.74. The number of carbonyl (C=O) groups excluding carboxylic acids is 1. The van der Waals surface area contributed by atoms with E-state index in [9.17, 15) is 9.59 Å². The van der Waals surface area contributed by atoms with Crippen LogP contribution in [0, 0.1) is 0 Å². The zero-order valence-electron chi connectivity index (χ0n) is 18.0. The molecular weight excluding hydrogens is 446 g/mol. The number of carboxylic acids is 1. The number of aliphatic carboxylic acids is 1. The van der Waals surface area contributed by atoms with Crippen LogP contribution in [0.1, 0.15) is 48.9 Å². The zero-order chi connectivity index (χ0) is 23.4. The molecule has 0 radical (unpaired) electrons. The molecule has 0 bridgehead atoms. The Morgan fingerprint density at radius 2 is 1.97 bits per heavy atom. The molecule has 1 aromatic heterocycles. The van der Waals surface area contributed by atoms with E-state index in [2.05, 4.69) is 20.7 Å². The van der Waals surface area contributed by atoms with Gasteiger partial charge >= 0.3 is 5.97 Å². The van der Waals surface area contributed by atoms with Gasteiger partial charge in [0.15, 0.2) is 0 Å². The highest BCUT2D eigenvalue weighted by molar-refractivity contribution is 6.31. The van der Waals surface area contributed by atoms with Crippen molar-refractivity contribution < 1.29 is 19.4 Å². The lowest BCUT2D eigenvalue weighted by molar-refractivity contribution is -0.137. The lowest BCUT2D eigenvalue weighted by atomic mass is 9.93. The van der Waals surface area contributed by atoms with Gasteiger partial charge < -0.3 is 15.2 Å². The van der Waals surface area contributed by atoms with Crippen LogP contribution in [-0.4, -0.2) is 38.9 Å². The van der Waals surface area contributed by atoms with Crippen LogP contribution < -0.4 is 15.4 Å². The minimum Gasteiger partial charge on any atom is -0.497 e. The number of ether oxygens (including phenoxy) is 1. The molecule has 2 aromatic carbocycles. The van der Waals surface area contributed by atoms with Gasteiger partial charge in [0.2, 0.25) is 11.9 Å². The molecule has 1 amide bonds. The third-order valence-electron chi connectivity index (χ3n) is 5.52. The molecule has 172 valence electrons. The number of halogens is 1. The van der Waals surface area contributed by atoms with Gasteiger partial charge in [-0.05, 0) is 42.2 Å². The number of carbonyl (C=O) groups is 2. The molecule has 0 saturated carbocycles. The molecule has 3 N–H and O–H groups in total. The van der Waals surface area contributed by atoms with Crippen LogP contribution >= 0.6 is 11.6 Å². The number of anilines is 2. The Morgan fingerprint density at radius 1 is 1.21 bits per heavy atom. The van der Waals surface area contributed by atoms with Crippen LogP contribution in [0.2, 0.25) is 5.02 Å². The third kappa shape index (κ3) is 5.25. The highest BCUT2D eigenvalue weighted by atomic mass is 35.5. The van der Waals surface area contributed by atoms with E-state index in [0.717, 1.165) is 16.9 Å². The number of rotatable bonds is 8. The second kappa shape index (κ2) is 9.91. The number of fused-ring (bicyclic) bond motifs is 1. The van der Waals surface area contributed by atoms with Crippen LogP contribution in [0.25, 0.3) is 0 Å². The van der Waals surface area contributed by atoms with Crippen LogP contribution in [0.4, 0.5) is 11.9 Å². The smallest absolute Gasteiger partial charge is 0.303 e. The van der Waals surface area contributed by atoms with Gasteiger partial charge in [-0.2, -0.15) is 4.98 Å².